The Labute approximate surface area is 90.0 Å². The van der Waals surface area contributed by atoms with Gasteiger partial charge in [0.2, 0.25) is 0 Å². The molecular weight excluding hydrogens is 202 g/mol. The number of thiocarbonyl (C=S) groups is 1. The quantitative estimate of drug-likeness (QED) is 0.733. The Bertz CT molecular complexity index is 201. The van der Waals surface area contributed by atoms with Gasteiger partial charge in [-0.1, -0.05) is 0 Å². The van der Waals surface area contributed by atoms with Gasteiger partial charge in [-0.2, -0.15) is 0 Å². The van der Waals surface area contributed by atoms with Crippen molar-refractivity contribution in [3.63, 3.8) is 0 Å². The molecule has 5 heteroatoms. The largest absolute Gasteiger partial charge is 0.488 e. The van der Waals surface area contributed by atoms with Crippen LogP contribution in [0, 0.1) is 0 Å². The highest BCUT2D eigenvalue weighted by Crippen LogP contribution is 2.06. The maximum atomic E-state index is 11.2. The molecule has 0 radical (unpaired) electrons. The van der Waals surface area contributed by atoms with Crippen molar-refractivity contribution >= 4 is 23.9 Å². The standard InChI is InChI=1S/C9H17NO3S/c1-7(5-12-6-14)10-8(11)13-9(2,3)4/h6-7H,5H2,1-4H3,(H,10,11)/t7-/m0/s1. The zero-order chi connectivity index (χ0) is 11.2. The molecule has 0 unspecified atom stereocenters. The topological polar surface area (TPSA) is 47.6 Å². The molecule has 0 fully saturated rings. The Morgan fingerprint density at radius 3 is 2.57 bits per heavy atom. The van der Waals surface area contributed by atoms with Crippen LogP contribution in [0.25, 0.3) is 0 Å². The van der Waals surface area contributed by atoms with Crippen LogP contribution in [0.5, 0.6) is 0 Å². The Morgan fingerprint density at radius 2 is 2.14 bits per heavy atom. The summed E-state index contributed by atoms with van der Waals surface area (Å²) in [6, 6.07) is -0.121. The van der Waals surface area contributed by atoms with Gasteiger partial charge in [-0.25, -0.2) is 4.79 Å². The van der Waals surface area contributed by atoms with Gasteiger partial charge < -0.3 is 14.8 Å². The van der Waals surface area contributed by atoms with E-state index in [1.807, 2.05) is 27.7 Å². The summed E-state index contributed by atoms with van der Waals surface area (Å²) in [5.41, 5.74) is 0.697. The van der Waals surface area contributed by atoms with Crippen molar-refractivity contribution in [3.05, 3.63) is 0 Å². The van der Waals surface area contributed by atoms with Gasteiger partial charge in [0, 0.05) is 0 Å². The lowest BCUT2D eigenvalue weighted by Crippen LogP contribution is -2.39. The van der Waals surface area contributed by atoms with Gasteiger partial charge in [0.1, 0.15) is 17.8 Å². The zero-order valence-corrected chi connectivity index (χ0v) is 9.81. The molecule has 1 amide bonds. The number of carbonyl (C=O) groups is 1. The molecule has 0 aromatic rings. The van der Waals surface area contributed by atoms with Crippen molar-refractivity contribution in [1.29, 1.82) is 0 Å². The predicted molar refractivity (Wildman–Crippen MR) is 58.4 cm³/mol. The zero-order valence-electron chi connectivity index (χ0n) is 8.99. The Kier molecular flexibility index (Phi) is 5.45. The molecule has 14 heavy (non-hydrogen) atoms. The first-order valence-corrected chi connectivity index (χ1v) is 4.87. The molecule has 82 valence electrons. The summed E-state index contributed by atoms with van der Waals surface area (Å²) >= 11 is 4.48. The second-order valence-electron chi connectivity index (χ2n) is 3.98. The van der Waals surface area contributed by atoms with E-state index in [9.17, 15) is 4.79 Å². The van der Waals surface area contributed by atoms with Crippen LogP contribution in [0.1, 0.15) is 27.7 Å². The first kappa shape index (κ1) is 13.2. The number of alkyl carbamates (subject to hydrolysis) is 1. The second kappa shape index (κ2) is 5.80. The summed E-state index contributed by atoms with van der Waals surface area (Å²) < 4.78 is 9.89. The lowest BCUT2D eigenvalue weighted by Gasteiger charge is -2.21. The molecule has 0 saturated carbocycles. The Hall–Kier alpha value is -0.840. The molecule has 1 atom stereocenters. The van der Waals surface area contributed by atoms with Crippen molar-refractivity contribution in [3.8, 4) is 0 Å². The van der Waals surface area contributed by atoms with Gasteiger partial charge in [0.05, 0.1) is 6.04 Å². The molecule has 0 aliphatic heterocycles. The normalized spacial score (nSPS) is 12.9. The van der Waals surface area contributed by atoms with E-state index in [0.29, 0.717) is 6.61 Å². The van der Waals surface area contributed by atoms with E-state index in [1.165, 1.54) is 5.55 Å². The van der Waals surface area contributed by atoms with Crippen LogP contribution < -0.4 is 5.32 Å². The monoisotopic (exact) mass is 219 g/mol. The smallest absolute Gasteiger partial charge is 0.407 e. The third-order valence-electron chi connectivity index (χ3n) is 1.18. The molecule has 0 bridgehead atoms. The summed E-state index contributed by atoms with van der Waals surface area (Å²) in [6.45, 7) is 7.59. The summed E-state index contributed by atoms with van der Waals surface area (Å²) in [6.07, 6.45) is -0.446. The van der Waals surface area contributed by atoms with Crippen LogP contribution in [0.4, 0.5) is 4.79 Å². The van der Waals surface area contributed by atoms with Crippen LogP contribution in [0.3, 0.4) is 0 Å². The molecule has 0 rings (SSSR count). The van der Waals surface area contributed by atoms with Crippen LogP contribution in [0.2, 0.25) is 0 Å². The minimum Gasteiger partial charge on any atom is -0.488 e. The molecule has 0 aliphatic rings. The molecule has 0 heterocycles. The van der Waals surface area contributed by atoms with Gasteiger partial charge in [-0.05, 0) is 39.9 Å². The van der Waals surface area contributed by atoms with Gasteiger partial charge in [0.25, 0.3) is 0 Å². The molecular formula is C9H17NO3S. The van der Waals surface area contributed by atoms with E-state index in [2.05, 4.69) is 17.5 Å². The fourth-order valence-electron chi connectivity index (χ4n) is 0.734. The van der Waals surface area contributed by atoms with Crippen LogP contribution in [-0.4, -0.2) is 29.9 Å². The summed E-state index contributed by atoms with van der Waals surface area (Å²) in [7, 11) is 0. The number of ether oxygens (including phenoxy) is 2. The van der Waals surface area contributed by atoms with Gasteiger partial charge >= 0.3 is 6.09 Å². The average Bonchev–Trinajstić information content (AvgIpc) is 1.96. The Morgan fingerprint density at radius 1 is 1.57 bits per heavy atom. The first-order chi connectivity index (χ1) is 6.35. The maximum absolute atomic E-state index is 11.2. The first-order valence-electron chi connectivity index (χ1n) is 4.40. The number of nitrogens with one attached hydrogen (secondary N) is 1. The molecule has 1 N–H and O–H groups in total. The third-order valence-corrected chi connectivity index (χ3v) is 1.31. The second-order valence-corrected chi connectivity index (χ2v) is 4.17. The summed E-state index contributed by atoms with van der Waals surface area (Å²) in [5, 5.41) is 2.62. The number of carbonyl (C=O) groups excluding carboxylic acids is 1. The van der Waals surface area contributed by atoms with Gasteiger partial charge in [0.15, 0.2) is 0 Å². The molecule has 0 aromatic heterocycles. The number of amides is 1. The van der Waals surface area contributed by atoms with E-state index >= 15 is 0 Å². The van der Waals surface area contributed by atoms with E-state index in [1.54, 1.807) is 0 Å². The minimum atomic E-state index is -0.477. The third kappa shape index (κ3) is 7.79. The Balaban J connectivity index is 3.76. The highest BCUT2D eigenvalue weighted by molar-refractivity contribution is 7.78. The molecule has 0 saturated heterocycles. The fourth-order valence-corrected chi connectivity index (χ4v) is 0.813. The van der Waals surface area contributed by atoms with E-state index in [0.717, 1.165) is 0 Å². The van der Waals surface area contributed by atoms with Crippen molar-refractivity contribution in [1.82, 2.24) is 5.32 Å². The van der Waals surface area contributed by atoms with E-state index < -0.39 is 11.7 Å². The van der Waals surface area contributed by atoms with Crippen molar-refractivity contribution in [2.24, 2.45) is 0 Å². The highest BCUT2D eigenvalue weighted by atomic mass is 32.1. The van der Waals surface area contributed by atoms with Crippen LogP contribution in [0.15, 0.2) is 0 Å². The highest BCUT2D eigenvalue weighted by Gasteiger charge is 2.17. The minimum absolute atomic E-state index is 0.121. The van der Waals surface area contributed by atoms with Gasteiger partial charge in [-0.15, -0.1) is 0 Å². The average molecular weight is 219 g/mol. The summed E-state index contributed by atoms with van der Waals surface area (Å²) in [5.74, 6) is 0. The maximum Gasteiger partial charge on any atom is 0.407 e. The van der Waals surface area contributed by atoms with Crippen LogP contribution >= 0.6 is 12.2 Å². The number of rotatable bonds is 4. The summed E-state index contributed by atoms with van der Waals surface area (Å²) in [4.78, 5) is 11.2. The number of hydrogen-bond donors (Lipinski definition) is 1. The van der Waals surface area contributed by atoms with Crippen molar-refractivity contribution in [2.45, 2.75) is 39.3 Å². The van der Waals surface area contributed by atoms with Gasteiger partial charge in [-0.3, -0.25) is 0 Å². The predicted octanol–water partition coefficient (Wildman–Crippen LogP) is 1.87. The van der Waals surface area contributed by atoms with Crippen molar-refractivity contribution in [2.75, 3.05) is 6.61 Å². The molecule has 0 aliphatic carbocycles. The lowest BCUT2D eigenvalue weighted by molar-refractivity contribution is 0.0493. The van der Waals surface area contributed by atoms with E-state index in [4.69, 9.17) is 9.47 Å². The SMILES string of the molecule is C[C@@H](COC=S)NC(=O)OC(C)(C)C. The molecule has 0 spiro atoms. The van der Waals surface area contributed by atoms with Crippen LogP contribution in [-0.2, 0) is 9.47 Å². The molecule has 0 aromatic carbocycles. The number of hydrogen-bond acceptors (Lipinski definition) is 4. The van der Waals surface area contributed by atoms with E-state index in [-0.39, 0.29) is 6.04 Å². The fraction of sp³-hybridized carbons (Fsp3) is 0.778. The van der Waals surface area contributed by atoms with Crippen molar-refractivity contribution < 1.29 is 14.3 Å². The lowest BCUT2D eigenvalue weighted by atomic mass is 10.2. The molecule has 4 nitrogen and oxygen atoms in total.